The van der Waals surface area contributed by atoms with E-state index in [0.29, 0.717) is 39.5 Å². The number of carbonyl (C=O) groups is 2. The molecule has 0 aliphatic rings. The summed E-state index contributed by atoms with van der Waals surface area (Å²) >= 11 is 0. The van der Waals surface area contributed by atoms with E-state index in [9.17, 15) is 14.4 Å². The topological polar surface area (TPSA) is 138 Å². The monoisotopic (exact) mass is 527 g/mol. The molecule has 3 rings (SSSR count). The number of rotatable bonds is 9. The van der Waals surface area contributed by atoms with Crippen LogP contribution >= 0.6 is 0 Å². The molecular weight excluding hydrogens is 494 g/mol. The van der Waals surface area contributed by atoms with Crippen LogP contribution in [0, 0.1) is 13.8 Å². The van der Waals surface area contributed by atoms with Gasteiger partial charge in [0.1, 0.15) is 53.8 Å². The predicted molar refractivity (Wildman–Crippen MR) is 141 cm³/mol. The molecule has 0 unspecified atom stereocenters. The second-order valence-corrected chi connectivity index (χ2v) is 9.50. The first-order chi connectivity index (χ1) is 17.9. The lowest BCUT2D eigenvalue weighted by Gasteiger charge is -2.19. The molecule has 0 atom stereocenters. The number of hydrogen-bond donors (Lipinski definition) is 2. The van der Waals surface area contributed by atoms with E-state index in [1.807, 2.05) is 26.0 Å². The first-order valence-electron chi connectivity index (χ1n) is 11.9. The fourth-order valence-corrected chi connectivity index (χ4v) is 3.75. The number of fused-ring (bicyclic) bond motifs is 1. The zero-order valence-electron chi connectivity index (χ0n) is 22.6. The molecular formula is C27H33N3O8. The maximum atomic E-state index is 12.9. The van der Waals surface area contributed by atoms with Crippen LogP contribution < -0.4 is 25.1 Å². The van der Waals surface area contributed by atoms with Crippen molar-refractivity contribution in [3.63, 3.8) is 0 Å². The molecule has 3 aromatic rings. The predicted octanol–water partition coefficient (Wildman–Crippen LogP) is 3.67. The van der Waals surface area contributed by atoms with Gasteiger partial charge < -0.3 is 34.0 Å². The van der Waals surface area contributed by atoms with Crippen LogP contribution in [0.2, 0.25) is 0 Å². The highest BCUT2D eigenvalue weighted by molar-refractivity contribution is 5.87. The normalized spacial score (nSPS) is 11.1. The Bertz CT molecular complexity index is 1370. The Morgan fingerprint density at radius 1 is 1.00 bits per heavy atom. The van der Waals surface area contributed by atoms with Crippen LogP contribution in [-0.4, -0.2) is 61.6 Å². The number of alkyl carbamates (subject to hydrolysis) is 1. The van der Waals surface area contributed by atoms with Gasteiger partial charge in [0.15, 0.2) is 0 Å². The van der Waals surface area contributed by atoms with Crippen molar-refractivity contribution in [3.05, 3.63) is 45.7 Å². The van der Waals surface area contributed by atoms with Gasteiger partial charge in [0.2, 0.25) is 0 Å². The SMILES string of the molecule is COc1cc(OC)c2c(=O)[nH]c(-c3cc(C)c(OCCOC(=O)CNC(=O)OC(C)(C)C)c(C)c3)nc2c1. The molecule has 0 spiro atoms. The molecule has 0 radical (unpaired) electrons. The minimum Gasteiger partial charge on any atom is -0.497 e. The van der Waals surface area contributed by atoms with Gasteiger partial charge >= 0.3 is 12.1 Å². The standard InChI is InChI=1S/C27H33N3O8/c1-15-10-17(24-29-19-12-18(34-6)13-20(35-7)22(19)25(32)30-24)11-16(2)23(15)37-9-8-36-21(31)14-28-26(33)38-27(3,4)5/h10-13H,8-9,14H2,1-7H3,(H,28,33)(H,29,30,32). The fraction of sp³-hybridized carbons (Fsp3) is 0.407. The molecule has 11 heteroatoms. The third-order valence-corrected chi connectivity index (χ3v) is 5.30. The maximum Gasteiger partial charge on any atom is 0.408 e. The van der Waals surface area contributed by atoms with Crippen LogP contribution in [0.25, 0.3) is 22.3 Å². The Hall–Kier alpha value is -4.28. The molecule has 0 aliphatic heterocycles. The second kappa shape index (κ2) is 11.8. The molecule has 38 heavy (non-hydrogen) atoms. The average Bonchev–Trinajstić information content (AvgIpc) is 2.84. The summed E-state index contributed by atoms with van der Waals surface area (Å²) in [5, 5.41) is 2.68. The number of aromatic amines is 1. The lowest BCUT2D eigenvalue weighted by Crippen LogP contribution is -2.36. The summed E-state index contributed by atoms with van der Waals surface area (Å²) in [4.78, 5) is 43.8. The van der Waals surface area contributed by atoms with Crippen LogP contribution in [-0.2, 0) is 14.3 Å². The van der Waals surface area contributed by atoms with E-state index in [1.54, 1.807) is 32.9 Å². The van der Waals surface area contributed by atoms with Gasteiger partial charge in [-0.3, -0.25) is 9.59 Å². The molecule has 11 nitrogen and oxygen atoms in total. The number of H-pyrrole nitrogens is 1. The summed E-state index contributed by atoms with van der Waals surface area (Å²) in [6.45, 7) is 8.72. The van der Waals surface area contributed by atoms with Crippen molar-refractivity contribution in [2.24, 2.45) is 0 Å². The highest BCUT2D eigenvalue weighted by atomic mass is 16.6. The van der Waals surface area contributed by atoms with Crippen LogP contribution in [0.3, 0.4) is 0 Å². The van der Waals surface area contributed by atoms with Gasteiger partial charge in [0.25, 0.3) is 5.56 Å². The van der Waals surface area contributed by atoms with Crippen molar-refractivity contribution < 1.29 is 33.3 Å². The molecule has 1 aromatic heterocycles. The molecule has 1 amide bonds. The van der Waals surface area contributed by atoms with E-state index in [4.69, 9.17) is 23.7 Å². The van der Waals surface area contributed by atoms with Gasteiger partial charge in [-0.15, -0.1) is 0 Å². The van der Waals surface area contributed by atoms with Crippen LogP contribution in [0.1, 0.15) is 31.9 Å². The summed E-state index contributed by atoms with van der Waals surface area (Å²) < 4.78 is 26.7. The van der Waals surface area contributed by atoms with E-state index < -0.39 is 17.7 Å². The van der Waals surface area contributed by atoms with Gasteiger partial charge in [0.05, 0.1) is 19.7 Å². The first-order valence-corrected chi connectivity index (χ1v) is 11.9. The molecule has 204 valence electrons. The molecule has 0 bridgehead atoms. The van der Waals surface area contributed by atoms with Crippen LogP contribution in [0.15, 0.2) is 29.1 Å². The van der Waals surface area contributed by atoms with Crippen LogP contribution in [0.5, 0.6) is 17.2 Å². The van der Waals surface area contributed by atoms with Crippen molar-refractivity contribution in [2.45, 2.75) is 40.2 Å². The second-order valence-electron chi connectivity index (χ2n) is 9.50. The first kappa shape index (κ1) is 28.3. The molecule has 0 saturated carbocycles. The number of aryl methyl sites for hydroxylation is 2. The fourth-order valence-electron chi connectivity index (χ4n) is 3.75. The number of carbonyl (C=O) groups excluding carboxylic acids is 2. The van der Waals surface area contributed by atoms with Crippen molar-refractivity contribution in [2.75, 3.05) is 34.0 Å². The highest BCUT2D eigenvalue weighted by Gasteiger charge is 2.17. The number of ether oxygens (including phenoxy) is 5. The van der Waals surface area contributed by atoms with Crippen molar-refractivity contribution in [3.8, 4) is 28.6 Å². The van der Waals surface area contributed by atoms with Gasteiger partial charge in [-0.2, -0.15) is 0 Å². The Balaban J connectivity index is 1.66. The van der Waals surface area contributed by atoms with Crippen LogP contribution in [0.4, 0.5) is 4.79 Å². The number of methoxy groups -OCH3 is 2. The van der Waals surface area contributed by atoms with Gasteiger partial charge in [-0.05, 0) is 57.9 Å². The lowest BCUT2D eigenvalue weighted by molar-refractivity contribution is -0.143. The van der Waals surface area contributed by atoms with E-state index in [2.05, 4.69) is 15.3 Å². The molecule has 2 N–H and O–H groups in total. The summed E-state index contributed by atoms with van der Waals surface area (Å²) in [5.41, 5.74) is 1.77. The third-order valence-electron chi connectivity index (χ3n) is 5.30. The Morgan fingerprint density at radius 3 is 2.29 bits per heavy atom. The maximum absolute atomic E-state index is 12.9. The minimum atomic E-state index is -0.697. The van der Waals surface area contributed by atoms with Crippen molar-refractivity contribution in [1.29, 1.82) is 0 Å². The smallest absolute Gasteiger partial charge is 0.408 e. The van der Waals surface area contributed by atoms with E-state index >= 15 is 0 Å². The Labute approximate surface area is 220 Å². The molecule has 0 aliphatic carbocycles. The number of esters is 1. The molecule has 2 aromatic carbocycles. The highest BCUT2D eigenvalue weighted by Crippen LogP contribution is 2.31. The van der Waals surface area contributed by atoms with E-state index in [1.165, 1.54) is 14.2 Å². The number of amides is 1. The summed E-state index contributed by atoms with van der Waals surface area (Å²) in [7, 11) is 3.01. The Morgan fingerprint density at radius 2 is 1.68 bits per heavy atom. The zero-order chi connectivity index (χ0) is 28.0. The molecule has 0 fully saturated rings. The molecule has 1 heterocycles. The van der Waals surface area contributed by atoms with Crippen molar-refractivity contribution >= 4 is 23.0 Å². The summed E-state index contributed by atoms with van der Waals surface area (Å²) in [6.07, 6.45) is -0.697. The van der Waals surface area contributed by atoms with Crippen molar-refractivity contribution in [1.82, 2.24) is 15.3 Å². The number of aromatic nitrogens is 2. The minimum absolute atomic E-state index is 0.00131. The largest absolute Gasteiger partial charge is 0.497 e. The van der Waals surface area contributed by atoms with Gasteiger partial charge in [0, 0.05) is 17.7 Å². The number of nitrogens with zero attached hydrogens (tertiary/aromatic N) is 1. The Kier molecular flexibility index (Phi) is 8.82. The third kappa shape index (κ3) is 7.15. The quantitative estimate of drug-likeness (QED) is 0.315. The van der Waals surface area contributed by atoms with E-state index in [-0.39, 0.29) is 25.3 Å². The molecule has 0 saturated heterocycles. The number of nitrogens with one attached hydrogen (secondary N) is 2. The summed E-state index contributed by atoms with van der Waals surface area (Å²) in [5.74, 6) is 1.31. The lowest BCUT2D eigenvalue weighted by atomic mass is 10.0. The van der Waals surface area contributed by atoms with Gasteiger partial charge in [-0.25, -0.2) is 9.78 Å². The van der Waals surface area contributed by atoms with Gasteiger partial charge in [-0.1, -0.05) is 0 Å². The number of benzene rings is 2. The zero-order valence-corrected chi connectivity index (χ0v) is 22.6. The van der Waals surface area contributed by atoms with E-state index in [0.717, 1.165) is 11.1 Å². The summed E-state index contributed by atoms with van der Waals surface area (Å²) in [6, 6.07) is 7.01. The average molecular weight is 528 g/mol. The number of hydrogen-bond acceptors (Lipinski definition) is 9.